The largest absolute Gasteiger partial charge is 0.490 e. The monoisotopic (exact) mass is 609 g/mol. The van der Waals surface area contributed by atoms with E-state index in [0.29, 0.717) is 41.4 Å². The molecule has 3 aromatic rings. The summed E-state index contributed by atoms with van der Waals surface area (Å²) in [6, 6.07) is 9.26. The molecule has 0 bridgehead atoms. The van der Waals surface area contributed by atoms with E-state index < -0.39 is 0 Å². The summed E-state index contributed by atoms with van der Waals surface area (Å²) in [7, 11) is 0. The Morgan fingerprint density at radius 3 is 2.66 bits per heavy atom. The molecule has 1 heterocycles. The number of hydrogen-bond donors (Lipinski definition) is 0. The number of fused-ring (bicyclic) bond motifs is 1. The lowest BCUT2D eigenvalue weighted by molar-refractivity contribution is 0.295. The number of nitrogens with zero attached hydrogens (tertiary/aromatic N) is 3. The first-order chi connectivity index (χ1) is 15.2. The highest BCUT2D eigenvalue weighted by atomic mass is 127. The summed E-state index contributed by atoms with van der Waals surface area (Å²) < 4.78 is 14.6. The maximum Gasteiger partial charge on any atom is 0.282 e. The zero-order valence-electron chi connectivity index (χ0n) is 18.5. The molecule has 0 saturated heterocycles. The van der Waals surface area contributed by atoms with Crippen LogP contribution in [0.2, 0.25) is 0 Å². The van der Waals surface area contributed by atoms with Crippen LogP contribution in [0.1, 0.15) is 39.1 Å². The van der Waals surface area contributed by atoms with Crippen LogP contribution in [0.5, 0.6) is 11.5 Å². The van der Waals surface area contributed by atoms with Crippen molar-refractivity contribution in [3.8, 4) is 11.5 Å². The Labute approximate surface area is 209 Å². The summed E-state index contributed by atoms with van der Waals surface area (Å²) in [5.74, 6) is 1.86. The van der Waals surface area contributed by atoms with Crippen LogP contribution in [0.3, 0.4) is 0 Å². The standard InChI is InChI=1S/C24H25BrIN3O3/c1-6-10-32-21-18(26)11-15(12-20(21)31-7-2)14-27-29-22(30)17-13-16(25)8-9-19(17)28-23(29)24(3,4)5/h6,8-9,11-14H,1,7,10H2,2-5H3. The van der Waals surface area contributed by atoms with Crippen molar-refractivity contribution in [3.63, 3.8) is 0 Å². The minimum Gasteiger partial charge on any atom is -0.490 e. The number of rotatable bonds is 7. The average Bonchev–Trinajstić information content (AvgIpc) is 2.72. The van der Waals surface area contributed by atoms with Crippen molar-refractivity contribution in [2.24, 2.45) is 5.10 Å². The highest BCUT2D eigenvalue weighted by molar-refractivity contribution is 14.1. The molecular formula is C24H25BrIN3O3. The number of aromatic nitrogens is 2. The van der Waals surface area contributed by atoms with Gasteiger partial charge in [0, 0.05) is 9.89 Å². The highest BCUT2D eigenvalue weighted by Crippen LogP contribution is 2.34. The van der Waals surface area contributed by atoms with Crippen LogP contribution < -0.4 is 15.0 Å². The second-order valence-electron chi connectivity index (χ2n) is 8.07. The number of hydrogen-bond acceptors (Lipinski definition) is 5. The average molecular weight is 610 g/mol. The van der Waals surface area contributed by atoms with E-state index in [0.717, 1.165) is 13.6 Å². The first-order valence-electron chi connectivity index (χ1n) is 10.1. The third kappa shape index (κ3) is 5.40. The predicted octanol–water partition coefficient (Wildman–Crippen LogP) is 5.91. The zero-order chi connectivity index (χ0) is 23.5. The molecule has 1 aromatic heterocycles. The van der Waals surface area contributed by atoms with Crippen molar-refractivity contribution in [1.29, 1.82) is 0 Å². The van der Waals surface area contributed by atoms with Crippen LogP contribution in [0.25, 0.3) is 10.9 Å². The summed E-state index contributed by atoms with van der Waals surface area (Å²) in [6.07, 6.45) is 3.33. The number of benzene rings is 2. The number of ether oxygens (including phenoxy) is 2. The SMILES string of the molecule is C=CCOc1c(I)cc(C=Nn2c(C(C)(C)C)nc3ccc(Br)cc3c2=O)cc1OCC. The summed E-state index contributed by atoms with van der Waals surface area (Å²) in [6.45, 7) is 12.5. The molecule has 0 aliphatic heterocycles. The van der Waals surface area contributed by atoms with E-state index in [1.54, 1.807) is 18.4 Å². The molecule has 0 spiro atoms. The van der Waals surface area contributed by atoms with Crippen LogP contribution in [0, 0.1) is 3.57 Å². The van der Waals surface area contributed by atoms with E-state index in [2.05, 4.69) is 50.2 Å². The highest BCUT2D eigenvalue weighted by Gasteiger charge is 2.23. The minimum absolute atomic E-state index is 0.219. The lowest BCUT2D eigenvalue weighted by Crippen LogP contribution is -2.29. The fourth-order valence-corrected chi connectivity index (χ4v) is 4.22. The summed E-state index contributed by atoms with van der Waals surface area (Å²) in [4.78, 5) is 18.1. The summed E-state index contributed by atoms with van der Waals surface area (Å²) >= 11 is 5.63. The van der Waals surface area contributed by atoms with Crippen molar-refractivity contribution < 1.29 is 9.47 Å². The molecule has 2 aromatic carbocycles. The zero-order valence-corrected chi connectivity index (χ0v) is 22.2. The Kier molecular flexibility index (Phi) is 7.76. The topological polar surface area (TPSA) is 65.7 Å². The van der Waals surface area contributed by atoms with Crippen molar-refractivity contribution in [2.75, 3.05) is 13.2 Å². The third-order valence-electron chi connectivity index (χ3n) is 4.48. The van der Waals surface area contributed by atoms with E-state index in [1.807, 2.05) is 52.0 Å². The molecule has 0 N–H and O–H groups in total. The van der Waals surface area contributed by atoms with Gasteiger partial charge >= 0.3 is 0 Å². The van der Waals surface area contributed by atoms with Gasteiger partial charge in [-0.1, -0.05) is 49.4 Å². The van der Waals surface area contributed by atoms with Gasteiger partial charge in [0.25, 0.3) is 5.56 Å². The molecule has 0 fully saturated rings. The Balaban J connectivity index is 2.14. The van der Waals surface area contributed by atoms with Gasteiger partial charge in [0.2, 0.25) is 0 Å². The van der Waals surface area contributed by atoms with Gasteiger partial charge in [0.1, 0.15) is 12.4 Å². The van der Waals surface area contributed by atoms with E-state index in [9.17, 15) is 4.79 Å². The molecule has 3 rings (SSSR count). The van der Waals surface area contributed by atoms with E-state index >= 15 is 0 Å². The molecule has 0 aliphatic carbocycles. The normalized spacial score (nSPS) is 11.8. The van der Waals surface area contributed by atoms with Gasteiger partial charge in [0.05, 0.1) is 27.3 Å². The third-order valence-corrected chi connectivity index (χ3v) is 5.77. The Bertz CT molecular complexity index is 1250. The second kappa shape index (κ2) is 10.2. The smallest absolute Gasteiger partial charge is 0.282 e. The molecule has 6 nitrogen and oxygen atoms in total. The molecule has 0 aliphatic rings. The predicted molar refractivity (Wildman–Crippen MR) is 141 cm³/mol. The first-order valence-corrected chi connectivity index (χ1v) is 12.0. The Hall–Kier alpha value is -2.20. The fraction of sp³-hybridized carbons (Fsp3) is 0.292. The lowest BCUT2D eigenvalue weighted by atomic mass is 9.95. The van der Waals surface area contributed by atoms with E-state index in [-0.39, 0.29) is 11.0 Å². The summed E-state index contributed by atoms with van der Waals surface area (Å²) in [5.41, 5.74) is 0.824. The van der Waals surface area contributed by atoms with Gasteiger partial charge < -0.3 is 9.47 Å². The van der Waals surface area contributed by atoms with Crippen molar-refractivity contribution >= 4 is 55.6 Å². The molecule has 168 valence electrons. The molecule has 0 amide bonds. The number of halogens is 2. The molecule has 0 unspecified atom stereocenters. The minimum atomic E-state index is -0.384. The summed E-state index contributed by atoms with van der Waals surface area (Å²) in [5, 5.41) is 5.04. The van der Waals surface area contributed by atoms with Crippen molar-refractivity contribution in [3.05, 3.63) is 72.8 Å². The van der Waals surface area contributed by atoms with E-state index in [1.165, 1.54) is 4.68 Å². The molecule has 0 radical (unpaired) electrons. The van der Waals surface area contributed by atoms with Crippen LogP contribution in [0.4, 0.5) is 0 Å². The molecule has 0 atom stereocenters. The van der Waals surface area contributed by atoms with Gasteiger partial charge in [0.15, 0.2) is 11.5 Å². The van der Waals surface area contributed by atoms with E-state index in [4.69, 9.17) is 14.5 Å². The maximum absolute atomic E-state index is 13.3. The second-order valence-corrected chi connectivity index (χ2v) is 10.1. The van der Waals surface area contributed by atoms with Crippen LogP contribution >= 0.6 is 38.5 Å². The van der Waals surface area contributed by atoms with Crippen LogP contribution in [-0.2, 0) is 5.41 Å². The van der Waals surface area contributed by atoms with Gasteiger partial charge in [-0.25, -0.2) is 4.98 Å². The van der Waals surface area contributed by atoms with Crippen molar-refractivity contribution in [1.82, 2.24) is 9.66 Å². The van der Waals surface area contributed by atoms with Crippen LogP contribution in [-0.4, -0.2) is 29.1 Å². The lowest BCUT2D eigenvalue weighted by Gasteiger charge is -2.21. The molecule has 8 heteroatoms. The van der Waals surface area contributed by atoms with Gasteiger partial charge in [-0.05, 0) is 65.4 Å². The molecular weight excluding hydrogens is 585 g/mol. The van der Waals surface area contributed by atoms with Gasteiger partial charge in [-0.3, -0.25) is 4.79 Å². The van der Waals surface area contributed by atoms with Gasteiger partial charge in [-0.2, -0.15) is 9.78 Å². The van der Waals surface area contributed by atoms with Crippen LogP contribution in [0.15, 0.2) is 57.4 Å². The first kappa shape index (κ1) is 24.4. The fourth-order valence-electron chi connectivity index (χ4n) is 3.07. The molecule has 0 saturated carbocycles. The van der Waals surface area contributed by atoms with Gasteiger partial charge in [-0.15, -0.1) is 0 Å². The maximum atomic E-state index is 13.3. The van der Waals surface area contributed by atoms with Crippen molar-refractivity contribution in [2.45, 2.75) is 33.1 Å². The molecule has 32 heavy (non-hydrogen) atoms. The quantitative estimate of drug-likeness (QED) is 0.190. The Morgan fingerprint density at radius 2 is 2.00 bits per heavy atom. The Morgan fingerprint density at radius 1 is 1.25 bits per heavy atom.